The van der Waals surface area contributed by atoms with Gasteiger partial charge in [0.2, 0.25) is 0 Å². The van der Waals surface area contributed by atoms with E-state index in [1.54, 1.807) is 7.11 Å². The second-order valence-electron chi connectivity index (χ2n) is 5.80. The van der Waals surface area contributed by atoms with Gasteiger partial charge in [-0.15, -0.1) is 0 Å². The van der Waals surface area contributed by atoms with Crippen LogP contribution in [-0.4, -0.2) is 12.1 Å². The van der Waals surface area contributed by atoms with Gasteiger partial charge in [-0.2, -0.15) is 0 Å². The topological polar surface area (TPSA) is 34.1 Å². The van der Waals surface area contributed by atoms with E-state index in [9.17, 15) is 0 Å². The molecule has 116 valence electrons. The Hall–Kier alpha value is -2.07. The third-order valence-corrected chi connectivity index (χ3v) is 4.89. The van der Waals surface area contributed by atoms with Gasteiger partial charge in [-0.3, -0.25) is 0 Å². The van der Waals surface area contributed by atoms with Crippen molar-refractivity contribution in [1.29, 1.82) is 0 Å². The quantitative estimate of drug-likeness (QED) is 0.697. The molecule has 1 aliphatic rings. The molecule has 3 aromatic rings. The summed E-state index contributed by atoms with van der Waals surface area (Å²) >= 11 is 3.50. The summed E-state index contributed by atoms with van der Waals surface area (Å²) in [6.07, 6.45) is 2.14. The van der Waals surface area contributed by atoms with E-state index in [-0.39, 0.29) is 6.04 Å². The summed E-state index contributed by atoms with van der Waals surface area (Å²) in [5.41, 5.74) is 3.63. The molecular weight excluding hydrogens is 352 g/mol. The molecule has 0 amide bonds. The van der Waals surface area contributed by atoms with Gasteiger partial charge in [0, 0.05) is 15.4 Å². The molecule has 0 bridgehead atoms. The number of aryl methyl sites for hydroxylation is 1. The fourth-order valence-electron chi connectivity index (χ4n) is 3.32. The van der Waals surface area contributed by atoms with E-state index in [4.69, 9.17) is 9.72 Å². The highest BCUT2D eigenvalue weighted by Gasteiger charge is 2.26. The summed E-state index contributed by atoms with van der Waals surface area (Å²) in [6.45, 7) is 0. The van der Waals surface area contributed by atoms with E-state index in [0.717, 1.165) is 39.8 Å². The predicted octanol–water partition coefficient (Wildman–Crippen LogP) is 5.11. The van der Waals surface area contributed by atoms with Crippen LogP contribution in [0.15, 0.2) is 53.0 Å². The highest BCUT2D eigenvalue weighted by atomic mass is 79.9. The fraction of sp³-hybridized carbons (Fsp3) is 0.211. The highest BCUT2D eigenvalue weighted by molar-refractivity contribution is 9.10. The molecule has 0 aliphatic heterocycles. The molecule has 0 saturated carbocycles. The van der Waals surface area contributed by atoms with Gasteiger partial charge < -0.3 is 10.1 Å². The third-order valence-electron chi connectivity index (χ3n) is 4.40. The molecule has 0 saturated heterocycles. The smallest absolute Gasteiger partial charge is 0.127 e. The lowest BCUT2D eigenvalue weighted by atomic mass is 10.1. The van der Waals surface area contributed by atoms with E-state index in [1.807, 2.05) is 24.3 Å². The van der Waals surface area contributed by atoms with Crippen molar-refractivity contribution in [3.05, 3.63) is 64.1 Å². The molecule has 1 aliphatic carbocycles. The van der Waals surface area contributed by atoms with Gasteiger partial charge in [-0.25, -0.2) is 4.98 Å². The zero-order valence-electron chi connectivity index (χ0n) is 12.8. The molecule has 3 nitrogen and oxygen atoms in total. The van der Waals surface area contributed by atoms with Crippen molar-refractivity contribution >= 4 is 32.7 Å². The van der Waals surface area contributed by atoms with Crippen LogP contribution in [0.25, 0.3) is 10.9 Å². The zero-order chi connectivity index (χ0) is 15.8. The monoisotopic (exact) mass is 368 g/mol. The molecule has 4 rings (SSSR count). The van der Waals surface area contributed by atoms with Crippen LogP contribution < -0.4 is 10.1 Å². The molecule has 1 atom stereocenters. The van der Waals surface area contributed by atoms with Crippen LogP contribution in [0.5, 0.6) is 5.75 Å². The number of hydrogen-bond donors (Lipinski definition) is 1. The Morgan fingerprint density at radius 2 is 2.09 bits per heavy atom. The number of ether oxygens (including phenoxy) is 1. The first-order valence-electron chi connectivity index (χ1n) is 7.73. The molecule has 1 heterocycles. The van der Waals surface area contributed by atoms with Crippen LogP contribution in [0.4, 0.5) is 5.82 Å². The van der Waals surface area contributed by atoms with Crippen LogP contribution in [0, 0.1) is 0 Å². The Bertz CT molecular complexity index is 878. The van der Waals surface area contributed by atoms with Gasteiger partial charge in [0.1, 0.15) is 11.6 Å². The van der Waals surface area contributed by atoms with Crippen molar-refractivity contribution in [3.63, 3.8) is 0 Å². The van der Waals surface area contributed by atoms with Crippen LogP contribution in [-0.2, 0) is 6.42 Å². The van der Waals surface area contributed by atoms with Crippen molar-refractivity contribution in [2.24, 2.45) is 0 Å². The van der Waals surface area contributed by atoms with Crippen molar-refractivity contribution in [3.8, 4) is 5.75 Å². The van der Waals surface area contributed by atoms with E-state index in [0.29, 0.717) is 0 Å². The zero-order valence-corrected chi connectivity index (χ0v) is 14.4. The minimum absolute atomic E-state index is 0.251. The highest BCUT2D eigenvalue weighted by Crippen LogP contribution is 2.39. The number of rotatable bonds is 3. The summed E-state index contributed by atoms with van der Waals surface area (Å²) in [4.78, 5) is 4.74. The SMILES string of the molecule is COc1cccc2c1C(Nc1ccc3cc(Br)ccc3n1)CC2. The molecule has 2 aromatic carbocycles. The van der Waals surface area contributed by atoms with Crippen LogP contribution in [0.2, 0.25) is 0 Å². The number of nitrogens with zero attached hydrogens (tertiary/aromatic N) is 1. The standard InChI is InChI=1S/C19H17BrN2O/c1-23-17-4-2-3-12-5-8-16(19(12)17)22-18-10-6-13-11-14(20)7-9-15(13)21-18/h2-4,6-7,9-11,16H,5,8H2,1H3,(H,21,22). The number of pyridine rings is 1. The van der Waals surface area contributed by atoms with Crippen molar-refractivity contribution < 1.29 is 4.74 Å². The molecule has 0 fully saturated rings. The molecule has 4 heteroatoms. The minimum Gasteiger partial charge on any atom is -0.496 e. The minimum atomic E-state index is 0.251. The molecule has 1 aromatic heterocycles. The maximum atomic E-state index is 5.54. The summed E-state index contributed by atoms with van der Waals surface area (Å²) in [5.74, 6) is 1.87. The third kappa shape index (κ3) is 2.68. The van der Waals surface area contributed by atoms with Crippen molar-refractivity contribution in [2.45, 2.75) is 18.9 Å². The Morgan fingerprint density at radius 1 is 1.17 bits per heavy atom. The normalized spacial score (nSPS) is 16.3. The number of nitrogens with one attached hydrogen (secondary N) is 1. The van der Waals surface area contributed by atoms with Crippen LogP contribution >= 0.6 is 15.9 Å². The average molecular weight is 369 g/mol. The number of anilines is 1. The molecular formula is C19H17BrN2O. The number of benzene rings is 2. The maximum Gasteiger partial charge on any atom is 0.127 e. The molecule has 23 heavy (non-hydrogen) atoms. The van der Waals surface area contributed by atoms with Crippen LogP contribution in [0.1, 0.15) is 23.6 Å². The number of aromatic nitrogens is 1. The predicted molar refractivity (Wildman–Crippen MR) is 97.1 cm³/mol. The van der Waals surface area contributed by atoms with Gasteiger partial charge in [-0.05, 0) is 54.8 Å². The average Bonchev–Trinajstić information content (AvgIpc) is 2.98. The molecule has 0 spiro atoms. The van der Waals surface area contributed by atoms with Gasteiger partial charge in [0.15, 0.2) is 0 Å². The van der Waals surface area contributed by atoms with Gasteiger partial charge in [-0.1, -0.05) is 28.1 Å². The van der Waals surface area contributed by atoms with E-state index >= 15 is 0 Å². The lowest BCUT2D eigenvalue weighted by Crippen LogP contribution is -2.09. The first kappa shape index (κ1) is 14.5. The Morgan fingerprint density at radius 3 is 2.96 bits per heavy atom. The molecule has 1 N–H and O–H groups in total. The number of halogens is 1. The summed E-state index contributed by atoms with van der Waals surface area (Å²) in [7, 11) is 1.73. The lowest BCUT2D eigenvalue weighted by molar-refractivity contribution is 0.408. The summed E-state index contributed by atoms with van der Waals surface area (Å²) in [5, 5.41) is 4.71. The van der Waals surface area contributed by atoms with E-state index in [2.05, 4.69) is 45.5 Å². The molecule has 1 unspecified atom stereocenters. The molecule has 0 radical (unpaired) electrons. The Labute approximate surface area is 143 Å². The fourth-order valence-corrected chi connectivity index (χ4v) is 3.70. The Balaban J connectivity index is 1.67. The van der Waals surface area contributed by atoms with Gasteiger partial charge in [0.05, 0.1) is 18.7 Å². The second-order valence-corrected chi connectivity index (χ2v) is 6.72. The van der Waals surface area contributed by atoms with Crippen molar-refractivity contribution in [2.75, 3.05) is 12.4 Å². The van der Waals surface area contributed by atoms with E-state index in [1.165, 1.54) is 11.1 Å². The first-order valence-corrected chi connectivity index (χ1v) is 8.52. The number of hydrogen-bond acceptors (Lipinski definition) is 3. The van der Waals surface area contributed by atoms with Gasteiger partial charge in [0.25, 0.3) is 0 Å². The van der Waals surface area contributed by atoms with Crippen molar-refractivity contribution in [1.82, 2.24) is 4.98 Å². The maximum absolute atomic E-state index is 5.54. The number of fused-ring (bicyclic) bond motifs is 2. The first-order chi connectivity index (χ1) is 11.2. The second kappa shape index (κ2) is 5.85. The van der Waals surface area contributed by atoms with Crippen LogP contribution in [0.3, 0.4) is 0 Å². The van der Waals surface area contributed by atoms with Gasteiger partial charge >= 0.3 is 0 Å². The largest absolute Gasteiger partial charge is 0.496 e. The Kier molecular flexibility index (Phi) is 3.69. The number of methoxy groups -OCH3 is 1. The lowest BCUT2D eigenvalue weighted by Gasteiger charge is -2.17. The summed E-state index contributed by atoms with van der Waals surface area (Å²) in [6, 6.07) is 16.8. The summed E-state index contributed by atoms with van der Waals surface area (Å²) < 4.78 is 6.61. The van der Waals surface area contributed by atoms with E-state index < -0.39 is 0 Å².